The van der Waals surface area contributed by atoms with Gasteiger partial charge >= 0.3 is 0 Å². The van der Waals surface area contributed by atoms with E-state index in [4.69, 9.17) is 0 Å². The minimum Gasteiger partial charge on any atom is -0.508 e. The van der Waals surface area contributed by atoms with Crippen LogP contribution < -0.4 is 5.19 Å². The van der Waals surface area contributed by atoms with E-state index in [-0.39, 0.29) is 54.0 Å². The van der Waals surface area contributed by atoms with E-state index < -0.39 is 8.07 Å². The molecule has 0 aliphatic carbocycles. The number of phenols is 1. The van der Waals surface area contributed by atoms with Gasteiger partial charge in [-0.25, -0.2) is 0 Å². The molecule has 0 spiro atoms. The molecule has 0 bridgehead atoms. The topological polar surface area (TPSA) is 20.2 Å². The first-order valence-corrected chi connectivity index (χ1v) is 7.29. The standard InChI is InChI=1S/C9H14OSi.CH3.2ClH.Ti/c1-11(2,3)9-6-4-5-8(10)7-9;;;;/h4-7,10H,1-3H3;1H3;2*1H;/q;-1;;;. The van der Waals surface area contributed by atoms with Crippen LogP contribution >= 0.6 is 24.8 Å². The zero-order valence-electron chi connectivity index (χ0n) is 9.57. The van der Waals surface area contributed by atoms with Gasteiger partial charge in [0, 0.05) is 21.7 Å². The van der Waals surface area contributed by atoms with Crippen LogP contribution in [0.4, 0.5) is 0 Å². The number of halogens is 2. The molecule has 0 saturated heterocycles. The van der Waals surface area contributed by atoms with Crippen LogP contribution in [0.5, 0.6) is 5.75 Å². The Hall–Kier alpha value is 0.531. The molecule has 0 amide bonds. The van der Waals surface area contributed by atoms with Crippen molar-refractivity contribution in [2.75, 3.05) is 0 Å². The first-order chi connectivity index (χ1) is 5.00. The molecule has 0 fully saturated rings. The smallest absolute Gasteiger partial charge is 0.115 e. The van der Waals surface area contributed by atoms with Crippen molar-refractivity contribution in [3.8, 4) is 5.75 Å². The van der Waals surface area contributed by atoms with E-state index in [1.807, 2.05) is 12.1 Å². The summed E-state index contributed by atoms with van der Waals surface area (Å²) in [5, 5.41) is 10.5. The van der Waals surface area contributed by atoms with Gasteiger partial charge < -0.3 is 12.5 Å². The fourth-order valence-electron chi connectivity index (χ4n) is 0.972. The fourth-order valence-corrected chi connectivity index (χ4v) is 2.15. The van der Waals surface area contributed by atoms with Gasteiger partial charge in [-0.15, -0.1) is 24.8 Å². The second-order valence-electron chi connectivity index (χ2n) is 3.80. The zero-order chi connectivity index (χ0) is 8.48. The summed E-state index contributed by atoms with van der Waals surface area (Å²) in [6.07, 6.45) is 0. The normalized spacial score (nSPS) is 8.47. The molecule has 0 aromatic heterocycles. The Bertz CT molecular complexity index is 264. The molecular weight excluding hydrogens is 283 g/mol. The second kappa shape index (κ2) is 9.74. The van der Waals surface area contributed by atoms with Crippen molar-refractivity contribution in [2.45, 2.75) is 19.6 Å². The number of rotatable bonds is 1. The minimum atomic E-state index is -1.22. The van der Waals surface area contributed by atoms with Crippen molar-refractivity contribution >= 4 is 38.1 Å². The van der Waals surface area contributed by atoms with Gasteiger partial charge in [0.1, 0.15) is 5.75 Å². The molecular formula is C10H19Cl2OSiTi-. The van der Waals surface area contributed by atoms with Crippen molar-refractivity contribution in [3.05, 3.63) is 31.7 Å². The summed E-state index contributed by atoms with van der Waals surface area (Å²) in [6, 6.07) is 7.57. The van der Waals surface area contributed by atoms with Crippen molar-refractivity contribution < 1.29 is 26.8 Å². The molecule has 1 nitrogen and oxygen atoms in total. The fraction of sp³-hybridized carbons (Fsp3) is 0.300. The van der Waals surface area contributed by atoms with Crippen LogP contribution in [0.1, 0.15) is 0 Å². The summed E-state index contributed by atoms with van der Waals surface area (Å²) in [4.78, 5) is 0. The SMILES string of the molecule is C[Si](C)(C)c1cccc(O)c1.Cl.Cl.[CH3-].[Ti]. The summed E-state index contributed by atoms with van der Waals surface area (Å²) < 4.78 is 0. The van der Waals surface area contributed by atoms with Gasteiger partial charge in [-0.2, -0.15) is 0 Å². The summed E-state index contributed by atoms with van der Waals surface area (Å²) >= 11 is 0. The predicted molar refractivity (Wildman–Crippen MR) is 72.0 cm³/mol. The van der Waals surface area contributed by atoms with E-state index in [1.165, 1.54) is 5.19 Å². The quantitative estimate of drug-likeness (QED) is 0.624. The van der Waals surface area contributed by atoms with Gasteiger partial charge in [0.2, 0.25) is 0 Å². The molecule has 1 rings (SSSR count). The van der Waals surface area contributed by atoms with Crippen LogP contribution in [0.15, 0.2) is 24.3 Å². The molecule has 15 heavy (non-hydrogen) atoms. The third-order valence-electron chi connectivity index (χ3n) is 1.71. The van der Waals surface area contributed by atoms with E-state index in [2.05, 4.69) is 25.7 Å². The van der Waals surface area contributed by atoms with Crippen LogP contribution in [-0.4, -0.2) is 13.2 Å². The Morgan fingerprint density at radius 3 is 1.80 bits per heavy atom. The van der Waals surface area contributed by atoms with E-state index >= 15 is 0 Å². The Balaban J connectivity index is -0.000000151. The van der Waals surface area contributed by atoms with Crippen LogP contribution in [0, 0.1) is 7.43 Å². The molecule has 0 heterocycles. The van der Waals surface area contributed by atoms with Crippen LogP contribution in [-0.2, 0) is 21.7 Å². The Kier molecular flexibility index (Phi) is 16.0. The first-order valence-electron chi connectivity index (χ1n) is 3.79. The number of aromatic hydroxyl groups is 1. The van der Waals surface area contributed by atoms with Crippen LogP contribution in [0.3, 0.4) is 0 Å². The van der Waals surface area contributed by atoms with Gasteiger partial charge in [-0.05, 0) is 12.1 Å². The average molecular weight is 302 g/mol. The van der Waals surface area contributed by atoms with Gasteiger partial charge in [-0.3, -0.25) is 0 Å². The van der Waals surface area contributed by atoms with Gasteiger partial charge in [-0.1, -0.05) is 37.0 Å². The summed E-state index contributed by atoms with van der Waals surface area (Å²) in [5.41, 5.74) is 0. The van der Waals surface area contributed by atoms with E-state index in [9.17, 15) is 5.11 Å². The molecule has 0 aliphatic rings. The summed E-state index contributed by atoms with van der Waals surface area (Å²) in [7, 11) is -1.22. The molecule has 1 N–H and O–H groups in total. The predicted octanol–water partition coefficient (Wildman–Crippen LogP) is 3.23. The summed E-state index contributed by atoms with van der Waals surface area (Å²) in [6.45, 7) is 6.80. The third kappa shape index (κ3) is 8.35. The van der Waals surface area contributed by atoms with Crippen molar-refractivity contribution in [1.82, 2.24) is 0 Å². The number of hydrogen-bond donors (Lipinski definition) is 1. The molecule has 5 heteroatoms. The van der Waals surface area contributed by atoms with Crippen molar-refractivity contribution in [3.63, 3.8) is 0 Å². The Morgan fingerprint density at radius 2 is 1.53 bits per heavy atom. The molecule has 0 saturated carbocycles. The molecule has 1 aromatic carbocycles. The van der Waals surface area contributed by atoms with Gasteiger partial charge in [0.15, 0.2) is 0 Å². The molecule has 0 aliphatic heterocycles. The number of benzene rings is 1. The van der Waals surface area contributed by atoms with Crippen molar-refractivity contribution in [1.29, 1.82) is 0 Å². The Morgan fingerprint density at radius 1 is 1.07 bits per heavy atom. The van der Waals surface area contributed by atoms with Crippen LogP contribution in [0.25, 0.3) is 0 Å². The van der Waals surface area contributed by atoms with Crippen molar-refractivity contribution in [2.24, 2.45) is 0 Å². The molecule has 0 radical (unpaired) electrons. The minimum absolute atomic E-state index is 0. The number of phenolic OH excluding ortho intramolecular Hbond substituents is 1. The molecule has 0 atom stereocenters. The molecule has 0 unspecified atom stereocenters. The maximum Gasteiger partial charge on any atom is 0.115 e. The maximum atomic E-state index is 9.20. The zero-order valence-corrected chi connectivity index (χ0v) is 13.8. The van der Waals surface area contributed by atoms with E-state index in [0.717, 1.165) is 0 Å². The van der Waals surface area contributed by atoms with Gasteiger partial charge in [0.25, 0.3) is 0 Å². The monoisotopic (exact) mass is 301 g/mol. The second-order valence-corrected chi connectivity index (χ2v) is 8.88. The molecule has 88 valence electrons. The average Bonchev–Trinajstić information content (AvgIpc) is 1.86. The summed E-state index contributed by atoms with van der Waals surface area (Å²) in [5.74, 6) is 0.380. The largest absolute Gasteiger partial charge is 0.508 e. The van der Waals surface area contributed by atoms with E-state index in [1.54, 1.807) is 6.07 Å². The van der Waals surface area contributed by atoms with Crippen LogP contribution in [0.2, 0.25) is 19.6 Å². The first kappa shape index (κ1) is 24.7. The van der Waals surface area contributed by atoms with E-state index in [0.29, 0.717) is 5.75 Å². The maximum absolute atomic E-state index is 9.20. The molecule has 1 aromatic rings. The Labute approximate surface area is 121 Å². The van der Waals surface area contributed by atoms with Gasteiger partial charge in [0.05, 0.1) is 8.07 Å². The third-order valence-corrected chi connectivity index (χ3v) is 3.76. The number of hydrogen-bond acceptors (Lipinski definition) is 1.